The van der Waals surface area contributed by atoms with Crippen molar-refractivity contribution in [2.45, 2.75) is 0 Å². The second kappa shape index (κ2) is 2.70. The number of carbonyl (C=O) groups is 1. The van der Waals surface area contributed by atoms with Crippen molar-refractivity contribution in [3.63, 3.8) is 0 Å². The van der Waals surface area contributed by atoms with Gasteiger partial charge in [0.1, 0.15) is 0 Å². The molecule has 60 valence electrons. The Morgan fingerprint density at radius 1 is 1.42 bits per heavy atom. The van der Waals surface area contributed by atoms with E-state index >= 15 is 0 Å². The van der Waals surface area contributed by atoms with Crippen LogP contribution in [0.4, 0.5) is 0 Å². The summed E-state index contributed by atoms with van der Waals surface area (Å²) in [4.78, 5) is 14.0. The minimum absolute atomic E-state index is 0.0513. The van der Waals surface area contributed by atoms with E-state index in [0.29, 0.717) is 5.57 Å². The molecule has 1 aliphatic heterocycles. The van der Waals surface area contributed by atoms with Crippen molar-refractivity contribution in [2.75, 3.05) is 0 Å². The molecule has 2 N–H and O–H groups in total. The van der Waals surface area contributed by atoms with E-state index < -0.39 is 0 Å². The molecule has 0 aliphatic carbocycles. The Morgan fingerprint density at radius 2 is 2.33 bits per heavy atom. The maximum absolute atomic E-state index is 11.0. The Kier molecular flexibility index (Phi) is 1.55. The molecule has 2 heterocycles. The molecule has 0 saturated heterocycles. The Balaban J connectivity index is 2.29. The SMILES string of the molecule is O=C1NC=C/C1=C\c1ccc[nH]1. The fourth-order valence-electron chi connectivity index (χ4n) is 1.08. The van der Waals surface area contributed by atoms with E-state index in [-0.39, 0.29) is 5.91 Å². The maximum Gasteiger partial charge on any atom is 0.255 e. The van der Waals surface area contributed by atoms with Crippen LogP contribution in [0, 0.1) is 0 Å². The molecule has 3 nitrogen and oxygen atoms in total. The highest BCUT2D eigenvalue weighted by molar-refractivity contribution is 6.03. The summed E-state index contributed by atoms with van der Waals surface area (Å²) < 4.78 is 0. The van der Waals surface area contributed by atoms with E-state index in [1.54, 1.807) is 18.4 Å². The standard InChI is InChI=1S/C9H8N2O/c12-9-7(3-5-11-9)6-8-2-1-4-10-8/h1-6,10H,(H,11,12)/b7-6+. The zero-order valence-corrected chi connectivity index (χ0v) is 6.37. The lowest BCUT2D eigenvalue weighted by Crippen LogP contribution is -2.11. The summed E-state index contributed by atoms with van der Waals surface area (Å²) in [5.74, 6) is -0.0513. The summed E-state index contributed by atoms with van der Waals surface area (Å²) in [5, 5.41) is 2.58. The van der Waals surface area contributed by atoms with Gasteiger partial charge in [0.2, 0.25) is 0 Å². The Hall–Kier alpha value is -1.77. The normalized spacial score (nSPS) is 18.7. The molecule has 1 aromatic heterocycles. The van der Waals surface area contributed by atoms with E-state index in [0.717, 1.165) is 5.69 Å². The van der Waals surface area contributed by atoms with Crippen molar-refractivity contribution in [1.82, 2.24) is 10.3 Å². The third kappa shape index (κ3) is 1.16. The number of aromatic amines is 1. The van der Waals surface area contributed by atoms with Gasteiger partial charge in [-0.1, -0.05) is 0 Å². The number of aromatic nitrogens is 1. The second-order valence-corrected chi connectivity index (χ2v) is 2.53. The monoisotopic (exact) mass is 160 g/mol. The fraction of sp³-hybridized carbons (Fsp3) is 0. The summed E-state index contributed by atoms with van der Waals surface area (Å²) in [7, 11) is 0. The number of H-pyrrole nitrogens is 1. The van der Waals surface area contributed by atoms with Crippen LogP contribution >= 0.6 is 0 Å². The highest BCUT2D eigenvalue weighted by Crippen LogP contribution is 2.08. The van der Waals surface area contributed by atoms with Gasteiger partial charge >= 0.3 is 0 Å². The molecule has 0 fully saturated rings. The first-order valence-corrected chi connectivity index (χ1v) is 3.69. The van der Waals surface area contributed by atoms with Crippen LogP contribution in [0.1, 0.15) is 5.69 Å². The summed E-state index contributed by atoms with van der Waals surface area (Å²) in [6.45, 7) is 0. The van der Waals surface area contributed by atoms with Crippen molar-refractivity contribution in [3.8, 4) is 0 Å². The summed E-state index contributed by atoms with van der Waals surface area (Å²) in [5.41, 5.74) is 1.61. The van der Waals surface area contributed by atoms with Crippen LogP contribution in [0.3, 0.4) is 0 Å². The van der Waals surface area contributed by atoms with E-state index in [9.17, 15) is 4.79 Å². The summed E-state index contributed by atoms with van der Waals surface area (Å²) >= 11 is 0. The van der Waals surface area contributed by atoms with Gasteiger partial charge in [0.05, 0.1) is 0 Å². The predicted octanol–water partition coefficient (Wildman–Crippen LogP) is 1.04. The van der Waals surface area contributed by atoms with Gasteiger partial charge in [0.25, 0.3) is 5.91 Å². The van der Waals surface area contributed by atoms with E-state index in [1.165, 1.54) is 0 Å². The van der Waals surface area contributed by atoms with Crippen LogP contribution in [0.25, 0.3) is 6.08 Å². The molecule has 1 amide bonds. The van der Waals surface area contributed by atoms with Gasteiger partial charge in [0.15, 0.2) is 0 Å². The van der Waals surface area contributed by atoms with Crippen LogP contribution in [-0.2, 0) is 4.79 Å². The van der Waals surface area contributed by atoms with Crippen LogP contribution in [0.5, 0.6) is 0 Å². The number of hydrogen-bond acceptors (Lipinski definition) is 1. The molecule has 0 saturated carbocycles. The van der Waals surface area contributed by atoms with Gasteiger partial charge in [-0.15, -0.1) is 0 Å². The molecule has 0 atom stereocenters. The van der Waals surface area contributed by atoms with Crippen molar-refractivity contribution in [2.24, 2.45) is 0 Å². The smallest absolute Gasteiger partial charge is 0.255 e. The third-order valence-corrected chi connectivity index (χ3v) is 1.67. The average molecular weight is 160 g/mol. The van der Waals surface area contributed by atoms with Crippen molar-refractivity contribution < 1.29 is 4.79 Å². The molecule has 2 rings (SSSR count). The van der Waals surface area contributed by atoms with E-state index in [2.05, 4.69) is 10.3 Å². The molecule has 0 radical (unpaired) electrons. The van der Waals surface area contributed by atoms with Gasteiger partial charge in [-0.25, -0.2) is 0 Å². The van der Waals surface area contributed by atoms with Crippen LogP contribution in [0.15, 0.2) is 36.2 Å². The highest BCUT2D eigenvalue weighted by Gasteiger charge is 2.09. The van der Waals surface area contributed by atoms with Gasteiger partial charge in [-0.3, -0.25) is 4.79 Å². The summed E-state index contributed by atoms with van der Waals surface area (Å²) in [6.07, 6.45) is 7.02. The van der Waals surface area contributed by atoms with Gasteiger partial charge < -0.3 is 10.3 Å². The molecule has 0 aromatic carbocycles. The van der Waals surface area contributed by atoms with E-state index in [1.807, 2.05) is 18.3 Å². The first-order chi connectivity index (χ1) is 5.86. The molecule has 12 heavy (non-hydrogen) atoms. The number of rotatable bonds is 1. The molecule has 0 spiro atoms. The third-order valence-electron chi connectivity index (χ3n) is 1.67. The lowest BCUT2D eigenvalue weighted by molar-refractivity contribution is -0.115. The van der Waals surface area contributed by atoms with Crippen molar-refractivity contribution >= 4 is 12.0 Å². The molecule has 0 bridgehead atoms. The van der Waals surface area contributed by atoms with E-state index in [4.69, 9.17) is 0 Å². The summed E-state index contributed by atoms with van der Waals surface area (Å²) in [6, 6.07) is 3.80. The Labute approximate surface area is 69.8 Å². The van der Waals surface area contributed by atoms with Crippen LogP contribution < -0.4 is 5.32 Å². The first kappa shape index (κ1) is 6.91. The van der Waals surface area contributed by atoms with Gasteiger partial charge in [-0.05, 0) is 24.3 Å². The largest absolute Gasteiger partial charge is 0.362 e. The number of carbonyl (C=O) groups excluding carboxylic acids is 1. The zero-order chi connectivity index (χ0) is 8.39. The van der Waals surface area contributed by atoms with Crippen molar-refractivity contribution in [1.29, 1.82) is 0 Å². The Bertz CT molecular complexity index is 347. The van der Waals surface area contributed by atoms with Crippen LogP contribution in [-0.4, -0.2) is 10.9 Å². The topological polar surface area (TPSA) is 44.9 Å². The lowest BCUT2D eigenvalue weighted by Gasteiger charge is -1.90. The fourth-order valence-corrected chi connectivity index (χ4v) is 1.08. The lowest BCUT2D eigenvalue weighted by atomic mass is 10.2. The maximum atomic E-state index is 11.0. The number of nitrogens with one attached hydrogen (secondary N) is 2. The molecule has 1 aliphatic rings. The molecule has 3 heteroatoms. The minimum atomic E-state index is -0.0513. The number of hydrogen-bond donors (Lipinski definition) is 2. The van der Waals surface area contributed by atoms with Gasteiger partial charge in [0, 0.05) is 23.7 Å². The highest BCUT2D eigenvalue weighted by atomic mass is 16.1. The Morgan fingerprint density at radius 3 is 2.92 bits per heavy atom. The minimum Gasteiger partial charge on any atom is -0.362 e. The van der Waals surface area contributed by atoms with Gasteiger partial charge in [-0.2, -0.15) is 0 Å². The van der Waals surface area contributed by atoms with Crippen LogP contribution in [0.2, 0.25) is 0 Å². The quantitative estimate of drug-likeness (QED) is 0.592. The molecule has 1 aromatic rings. The molecular formula is C9H8N2O. The average Bonchev–Trinajstić information content (AvgIpc) is 2.65. The predicted molar refractivity (Wildman–Crippen MR) is 46.1 cm³/mol. The first-order valence-electron chi connectivity index (χ1n) is 3.69. The van der Waals surface area contributed by atoms with Crippen molar-refractivity contribution in [3.05, 3.63) is 41.9 Å². The zero-order valence-electron chi connectivity index (χ0n) is 6.37. The molecule has 0 unspecified atom stereocenters. The molecular weight excluding hydrogens is 152 g/mol. The number of amides is 1. The second-order valence-electron chi connectivity index (χ2n) is 2.53.